The van der Waals surface area contributed by atoms with Gasteiger partial charge in [-0.3, -0.25) is 0 Å². The van der Waals surface area contributed by atoms with E-state index in [0.29, 0.717) is 0 Å². The van der Waals surface area contributed by atoms with Crippen LogP contribution in [0.4, 0.5) is 0 Å². The van der Waals surface area contributed by atoms with Crippen LogP contribution in [0.5, 0.6) is 0 Å². The summed E-state index contributed by atoms with van der Waals surface area (Å²) in [6.45, 7) is 8.41. The minimum absolute atomic E-state index is 0.261. The van der Waals surface area contributed by atoms with Crippen LogP contribution in [0.25, 0.3) is 0 Å². The lowest BCUT2D eigenvalue weighted by molar-refractivity contribution is -0.0481. The van der Waals surface area contributed by atoms with Gasteiger partial charge in [-0.2, -0.15) is 0 Å². The van der Waals surface area contributed by atoms with Crippen molar-refractivity contribution in [3.63, 3.8) is 0 Å². The molecular weight excluding hydrogens is 538 g/mol. The third-order valence-electron chi connectivity index (χ3n) is 9.37. The van der Waals surface area contributed by atoms with E-state index in [-0.39, 0.29) is 12.2 Å². The molecule has 0 aliphatic carbocycles. The van der Waals surface area contributed by atoms with E-state index < -0.39 is 0 Å². The van der Waals surface area contributed by atoms with Crippen LogP contribution in [-0.2, 0) is 9.47 Å². The van der Waals surface area contributed by atoms with Gasteiger partial charge in [0.25, 0.3) is 0 Å². The monoisotopic (exact) mass is 618 g/mol. The fourth-order valence-electron chi connectivity index (χ4n) is 6.41. The van der Waals surface area contributed by atoms with Crippen LogP contribution in [0.3, 0.4) is 0 Å². The van der Waals surface area contributed by atoms with Crippen molar-refractivity contribution in [2.45, 2.75) is 206 Å². The number of nitrogens with zero attached hydrogens (tertiary/aromatic N) is 1. The second kappa shape index (κ2) is 33.7. The SMILES string of the molecule is CCCCCCCCC=CCCCCCCCCOC1CN(C)CC1OCCCCCCCCC=CCCCCCCCC. The van der Waals surface area contributed by atoms with E-state index in [1.807, 2.05) is 0 Å². The highest BCUT2D eigenvalue weighted by atomic mass is 16.5. The van der Waals surface area contributed by atoms with Crippen LogP contribution in [-0.4, -0.2) is 50.5 Å². The van der Waals surface area contributed by atoms with Crippen molar-refractivity contribution < 1.29 is 9.47 Å². The molecule has 0 N–H and O–H groups in total. The Bertz CT molecular complexity index is 566. The van der Waals surface area contributed by atoms with Gasteiger partial charge in [0, 0.05) is 26.3 Å². The Balaban J connectivity index is 1.87. The summed E-state index contributed by atoms with van der Waals surface area (Å²) in [6, 6.07) is 0. The molecule has 2 unspecified atom stereocenters. The van der Waals surface area contributed by atoms with E-state index in [0.717, 1.165) is 26.3 Å². The molecule has 0 saturated carbocycles. The van der Waals surface area contributed by atoms with Gasteiger partial charge in [-0.1, -0.05) is 154 Å². The topological polar surface area (TPSA) is 21.7 Å². The first kappa shape index (κ1) is 41.4. The van der Waals surface area contributed by atoms with Gasteiger partial charge in [-0.05, 0) is 71.3 Å². The molecule has 0 spiro atoms. The highest BCUT2D eigenvalue weighted by molar-refractivity contribution is 4.85. The standard InChI is InChI=1S/C41H79NO2/c1-4-6-8-10-12-14-16-18-20-22-24-26-28-30-32-34-36-43-40-38-42(3)39-41(40)44-37-35-33-31-29-27-25-23-21-19-17-15-13-11-9-7-5-2/h18-21,40-41H,4-17,22-39H2,1-3H3. The molecule has 1 heterocycles. The molecule has 1 aliphatic rings. The zero-order valence-electron chi connectivity index (χ0n) is 30.4. The summed E-state index contributed by atoms with van der Waals surface area (Å²) >= 11 is 0. The molecule has 44 heavy (non-hydrogen) atoms. The first-order valence-electron chi connectivity index (χ1n) is 20.0. The van der Waals surface area contributed by atoms with Gasteiger partial charge in [-0.15, -0.1) is 0 Å². The Hall–Kier alpha value is -0.640. The van der Waals surface area contributed by atoms with Gasteiger partial charge in [-0.25, -0.2) is 0 Å². The van der Waals surface area contributed by atoms with Crippen LogP contribution < -0.4 is 0 Å². The molecule has 1 aliphatic heterocycles. The molecule has 1 saturated heterocycles. The Kier molecular flexibility index (Phi) is 31.7. The smallest absolute Gasteiger partial charge is 0.0975 e. The van der Waals surface area contributed by atoms with Gasteiger partial charge >= 0.3 is 0 Å². The van der Waals surface area contributed by atoms with Gasteiger partial charge in [0.1, 0.15) is 0 Å². The van der Waals surface area contributed by atoms with E-state index in [1.165, 1.54) is 180 Å². The Morgan fingerprint density at radius 2 is 0.682 bits per heavy atom. The maximum atomic E-state index is 6.31. The molecular formula is C41H79NO2. The van der Waals surface area contributed by atoms with Gasteiger partial charge in [0.15, 0.2) is 0 Å². The molecule has 260 valence electrons. The number of hydrogen-bond acceptors (Lipinski definition) is 3. The predicted molar refractivity (Wildman–Crippen MR) is 196 cm³/mol. The number of rotatable bonds is 34. The Morgan fingerprint density at radius 1 is 0.409 bits per heavy atom. The average Bonchev–Trinajstić information content (AvgIpc) is 3.38. The molecule has 0 bridgehead atoms. The van der Waals surface area contributed by atoms with Crippen molar-refractivity contribution in [1.29, 1.82) is 0 Å². The summed E-state index contributed by atoms with van der Waals surface area (Å²) in [7, 11) is 2.20. The molecule has 0 aromatic rings. The first-order chi connectivity index (χ1) is 21.8. The van der Waals surface area contributed by atoms with Crippen molar-refractivity contribution in [1.82, 2.24) is 4.90 Å². The van der Waals surface area contributed by atoms with E-state index in [2.05, 4.69) is 50.1 Å². The fraction of sp³-hybridized carbons (Fsp3) is 0.902. The third-order valence-corrected chi connectivity index (χ3v) is 9.37. The predicted octanol–water partition coefficient (Wildman–Crippen LogP) is 12.8. The number of likely N-dealkylation sites (tertiary alicyclic amines) is 1. The molecule has 0 amide bonds. The summed E-state index contributed by atoms with van der Waals surface area (Å²) < 4.78 is 12.6. The van der Waals surface area contributed by atoms with Gasteiger partial charge < -0.3 is 14.4 Å². The lowest BCUT2D eigenvalue weighted by Gasteiger charge is -2.20. The Labute approximate surface area is 277 Å². The van der Waals surface area contributed by atoms with Gasteiger partial charge in [0.2, 0.25) is 0 Å². The maximum Gasteiger partial charge on any atom is 0.0975 e. The van der Waals surface area contributed by atoms with Crippen molar-refractivity contribution in [2.75, 3.05) is 33.4 Å². The summed E-state index contributed by atoms with van der Waals surface area (Å²) in [5.41, 5.74) is 0. The normalized spacial score (nSPS) is 17.6. The number of allylic oxidation sites excluding steroid dienone is 4. The largest absolute Gasteiger partial charge is 0.374 e. The minimum Gasteiger partial charge on any atom is -0.374 e. The highest BCUT2D eigenvalue weighted by Crippen LogP contribution is 2.18. The fourth-order valence-corrected chi connectivity index (χ4v) is 6.41. The summed E-state index contributed by atoms with van der Waals surface area (Å²) in [6.07, 6.45) is 48.1. The number of hydrogen-bond donors (Lipinski definition) is 0. The van der Waals surface area contributed by atoms with Crippen LogP contribution in [0, 0.1) is 0 Å². The number of likely N-dealkylation sites (N-methyl/N-ethyl adjacent to an activating group) is 1. The van der Waals surface area contributed by atoms with E-state index >= 15 is 0 Å². The van der Waals surface area contributed by atoms with Crippen LogP contribution >= 0.6 is 0 Å². The molecule has 3 heteroatoms. The lowest BCUT2D eigenvalue weighted by atomic mass is 10.1. The second-order valence-electron chi connectivity index (χ2n) is 13.9. The van der Waals surface area contributed by atoms with Crippen molar-refractivity contribution in [3.8, 4) is 0 Å². The van der Waals surface area contributed by atoms with E-state index in [1.54, 1.807) is 0 Å². The van der Waals surface area contributed by atoms with Crippen LogP contribution in [0.15, 0.2) is 24.3 Å². The summed E-state index contributed by atoms with van der Waals surface area (Å²) in [5.74, 6) is 0. The highest BCUT2D eigenvalue weighted by Gasteiger charge is 2.32. The third kappa shape index (κ3) is 27.7. The van der Waals surface area contributed by atoms with Gasteiger partial charge in [0.05, 0.1) is 12.2 Å². The second-order valence-corrected chi connectivity index (χ2v) is 13.9. The Morgan fingerprint density at radius 3 is 1.00 bits per heavy atom. The molecule has 1 rings (SSSR count). The van der Waals surface area contributed by atoms with Crippen LogP contribution in [0.2, 0.25) is 0 Å². The van der Waals surface area contributed by atoms with Crippen molar-refractivity contribution in [2.24, 2.45) is 0 Å². The quantitative estimate of drug-likeness (QED) is 0.0529. The zero-order valence-corrected chi connectivity index (χ0v) is 30.4. The lowest BCUT2D eigenvalue weighted by Crippen LogP contribution is -2.30. The van der Waals surface area contributed by atoms with Crippen molar-refractivity contribution in [3.05, 3.63) is 24.3 Å². The van der Waals surface area contributed by atoms with Crippen LogP contribution in [0.1, 0.15) is 194 Å². The maximum absolute atomic E-state index is 6.31. The number of unbranched alkanes of at least 4 members (excludes halogenated alkanes) is 24. The average molecular weight is 618 g/mol. The van der Waals surface area contributed by atoms with E-state index in [4.69, 9.17) is 9.47 Å². The minimum atomic E-state index is 0.261. The summed E-state index contributed by atoms with van der Waals surface area (Å²) in [5, 5.41) is 0. The summed E-state index contributed by atoms with van der Waals surface area (Å²) in [4.78, 5) is 2.37. The van der Waals surface area contributed by atoms with E-state index in [9.17, 15) is 0 Å². The van der Waals surface area contributed by atoms with Crippen molar-refractivity contribution >= 4 is 0 Å². The molecule has 0 radical (unpaired) electrons. The number of ether oxygens (including phenoxy) is 2. The molecule has 2 atom stereocenters. The molecule has 1 fully saturated rings. The zero-order chi connectivity index (χ0) is 31.6. The molecule has 0 aromatic heterocycles. The first-order valence-corrected chi connectivity index (χ1v) is 20.0. The molecule has 3 nitrogen and oxygen atoms in total. The molecule has 0 aromatic carbocycles.